The van der Waals surface area contributed by atoms with Gasteiger partial charge in [0, 0.05) is 90.2 Å². The van der Waals surface area contributed by atoms with Crippen molar-refractivity contribution in [2.45, 2.75) is 79.0 Å². The summed E-state index contributed by atoms with van der Waals surface area (Å²) in [4.78, 5) is 32.7. The fourth-order valence-electron chi connectivity index (χ4n) is 10.1. The van der Waals surface area contributed by atoms with Gasteiger partial charge in [-0.2, -0.15) is 5.10 Å². The van der Waals surface area contributed by atoms with Crippen LogP contribution in [-0.2, 0) is 27.1 Å². The second kappa shape index (κ2) is 17.7. The van der Waals surface area contributed by atoms with Crippen molar-refractivity contribution in [3.05, 3.63) is 127 Å². The number of carbonyl (C=O) groups is 2. The molecule has 1 N–H and O–H groups in total. The summed E-state index contributed by atoms with van der Waals surface area (Å²) in [7, 11) is 3.78. The monoisotopic (exact) mass is 934 g/mol. The third-order valence-corrected chi connectivity index (χ3v) is 14.4. The molecule has 5 heterocycles. The number of aromatic carboxylic acids is 1. The molecule has 65 heavy (non-hydrogen) atoms. The minimum atomic E-state index is -1.02. The number of carboxylic acid groups (broad SMARTS) is 1. The number of benzene rings is 4. The normalized spacial score (nSPS) is 15.9. The highest BCUT2D eigenvalue weighted by Gasteiger charge is 2.38. The van der Waals surface area contributed by atoms with Crippen molar-refractivity contribution in [2.75, 3.05) is 31.1 Å². The second-order valence-corrected chi connectivity index (χ2v) is 19.0. The number of rotatable bonds is 12. The van der Waals surface area contributed by atoms with E-state index in [0.29, 0.717) is 64.9 Å². The molecule has 2 aliphatic heterocycles. The summed E-state index contributed by atoms with van der Waals surface area (Å²) < 4.78 is 18.5. The number of nitrogens with zero attached hydrogens (tertiary/aromatic N) is 6. The maximum absolute atomic E-state index is 15.6. The van der Waals surface area contributed by atoms with Crippen molar-refractivity contribution in [2.24, 2.45) is 14.1 Å². The second-order valence-electron chi connectivity index (χ2n) is 17.8. The molecule has 14 heteroatoms. The molecule has 1 amide bonds. The number of likely N-dealkylation sites (tertiary alicyclic amines) is 1. The van der Waals surface area contributed by atoms with Crippen LogP contribution in [0.2, 0.25) is 15.1 Å². The van der Waals surface area contributed by atoms with Gasteiger partial charge in [0.1, 0.15) is 23.3 Å². The highest BCUT2D eigenvalue weighted by molar-refractivity contribution is 6.35. The Kier molecular flexibility index (Phi) is 12.2. The van der Waals surface area contributed by atoms with Crippen molar-refractivity contribution in [1.82, 2.24) is 23.8 Å². The number of amides is 1. The largest absolute Gasteiger partial charge is 0.494 e. The molecule has 11 nitrogen and oxygen atoms in total. The van der Waals surface area contributed by atoms with Crippen LogP contribution in [-0.4, -0.2) is 73.1 Å². The van der Waals surface area contributed by atoms with Gasteiger partial charge in [-0.15, -0.1) is 0 Å². The molecule has 0 spiro atoms. The van der Waals surface area contributed by atoms with Gasteiger partial charge in [0.25, 0.3) is 5.91 Å². The summed E-state index contributed by atoms with van der Waals surface area (Å²) in [5, 5.41) is 18.8. The van der Waals surface area contributed by atoms with E-state index in [1.54, 1.807) is 6.20 Å². The average Bonchev–Trinajstić information content (AvgIpc) is 3.88. The zero-order valence-corrected chi connectivity index (χ0v) is 40.0. The average molecular weight is 936 g/mol. The summed E-state index contributed by atoms with van der Waals surface area (Å²) in [5.74, 6) is 0.381. The third-order valence-electron chi connectivity index (χ3n) is 13.3. The predicted octanol–water partition coefficient (Wildman–Crippen LogP) is 11.7. The van der Waals surface area contributed by atoms with Crippen molar-refractivity contribution in [3.63, 3.8) is 0 Å². The lowest BCUT2D eigenvalue weighted by Crippen LogP contribution is -2.43. The van der Waals surface area contributed by atoms with E-state index >= 15 is 4.79 Å². The summed E-state index contributed by atoms with van der Waals surface area (Å²) in [5.41, 5.74) is 10.5. The van der Waals surface area contributed by atoms with Gasteiger partial charge in [0.15, 0.2) is 0 Å². The van der Waals surface area contributed by atoms with Crippen molar-refractivity contribution >= 4 is 74.2 Å². The zero-order valence-electron chi connectivity index (χ0n) is 37.8. The SMILES string of the molecule is Cc1cc(OCCCc2c3n(c4c(-c5c(C)nn(C)c5C)c(Cl)ccc24)C(C)CN(c2cc(CN4CCC(Oc5ccc(Cl)cc5)CC4)cc4c(C(=O)O)cn(C)c24)C3=O)cc(C)c1Cl. The molecule has 7 aromatic rings. The highest BCUT2D eigenvalue weighted by Crippen LogP contribution is 2.46. The van der Waals surface area contributed by atoms with Crippen LogP contribution < -0.4 is 14.4 Å². The van der Waals surface area contributed by atoms with E-state index < -0.39 is 5.97 Å². The van der Waals surface area contributed by atoms with Gasteiger partial charge in [-0.3, -0.25) is 14.4 Å². The molecule has 4 aromatic carbocycles. The van der Waals surface area contributed by atoms with Crippen LogP contribution in [0.5, 0.6) is 11.5 Å². The molecule has 0 aliphatic carbocycles. The molecule has 0 saturated carbocycles. The van der Waals surface area contributed by atoms with E-state index in [0.717, 1.165) is 98.1 Å². The van der Waals surface area contributed by atoms with Gasteiger partial charge < -0.3 is 28.6 Å². The van der Waals surface area contributed by atoms with E-state index in [4.69, 9.17) is 49.4 Å². The number of hydrogen-bond donors (Lipinski definition) is 1. The van der Waals surface area contributed by atoms with Crippen molar-refractivity contribution < 1.29 is 24.2 Å². The maximum Gasteiger partial charge on any atom is 0.337 e. The van der Waals surface area contributed by atoms with Crippen LogP contribution in [0.15, 0.2) is 66.9 Å². The Balaban J connectivity index is 1.11. The number of hydrogen-bond acceptors (Lipinski definition) is 6. The van der Waals surface area contributed by atoms with Crippen LogP contribution in [0.1, 0.15) is 86.7 Å². The molecule has 9 rings (SSSR count). The molecule has 1 atom stereocenters. The summed E-state index contributed by atoms with van der Waals surface area (Å²) >= 11 is 19.8. The van der Waals surface area contributed by atoms with Gasteiger partial charge in [0.05, 0.1) is 39.6 Å². The van der Waals surface area contributed by atoms with Crippen LogP contribution >= 0.6 is 34.8 Å². The van der Waals surface area contributed by atoms with E-state index in [9.17, 15) is 9.90 Å². The Morgan fingerprint density at radius 1 is 0.877 bits per heavy atom. The van der Waals surface area contributed by atoms with Crippen LogP contribution in [0, 0.1) is 27.7 Å². The van der Waals surface area contributed by atoms with E-state index in [1.165, 1.54) is 0 Å². The van der Waals surface area contributed by atoms with Crippen LogP contribution in [0.25, 0.3) is 32.9 Å². The molecular weight excluding hydrogens is 883 g/mol. The Hall–Kier alpha value is -5.46. The molecule has 0 bridgehead atoms. The fraction of sp³-hybridized carbons (Fsp3) is 0.353. The van der Waals surface area contributed by atoms with Crippen LogP contribution in [0.3, 0.4) is 0 Å². The lowest BCUT2D eigenvalue weighted by molar-refractivity contribution is 0.0698. The molecule has 1 fully saturated rings. The number of carboxylic acids is 1. The zero-order chi connectivity index (χ0) is 46.0. The van der Waals surface area contributed by atoms with E-state index in [2.05, 4.69) is 22.5 Å². The van der Waals surface area contributed by atoms with Crippen LogP contribution in [0.4, 0.5) is 5.69 Å². The number of aryl methyl sites for hydroxylation is 6. The lowest BCUT2D eigenvalue weighted by atomic mass is 9.98. The lowest BCUT2D eigenvalue weighted by Gasteiger charge is -2.35. The third kappa shape index (κ3) is 8.26. The molecule has 2 aliphatic rings. The minimum absolute atomic E-state index is 0.0744. The molecule has 1 saturated heterocycles. The number of aromatic nitrogens is 4. The van der Waals surface area contributed by atoms with Gasteiger partial charge in [-0.1, -0.05) is 40.9 Å². The first kappa shape index (κ1) is 44.7. The van der Waals surface area contributed by atoms with E-state index in [-0.39, 0.29) is 23.6 Å². The molecule has 1 unspecified atom stereocenters. The van der Waals surface area contributed by atoms with Crippen molar-refractivity contribution in [1.29, 1.82) is 0 Å². The first-order chi connectivity index (χ1) is 31.1. The van der Waals surface area contributed by atoms with Gasteiger partial charge in [0.2, 0.25) is 0 Å². The number of piperidine rings is 1. The highest BCUT2D eigenvalue weighted by atomic mass is 35.5. The number of fused-ring (bicyclic) bond motifs is 4. The number of anilines is 1. The molecule has 0 radical (unpaired) electrons. The number of ether oxygens (including phenoxy) is 2. The first-order valence-electron chi connectivity index (χ1n) is 22.2. The molecular formula is C51H53Cl3N6O5. The Labute approximate surface area is 394 Å². The van der Waals surface area contributed by atoms with Gasteiger partial charge >= 0.3 is 5.97 Å². The van der Waals surface area contributed by atoms with Gasteiger partial charge in [-0.05, 0) is 137 Å². The van der Waals surface area contributed by atoms with E-state index in [1.807, 2.05) is 111 Å². The summed E-state index contributed by atoms with van der Waals surface area (Å²) in [6.07, 6.45) is 4.60. The van der Waals surface area contributed by atoms with Gasteiger partial charge in [-0.25, -0.2) is 4.79 Å². The molecule has 338 valence electrons. The Morgan fingerprint density at radius 2 is 1.58 bits per heavy atom. The topological polar surface area (TPSA) is 107 Å². The standard InChI is InChI=1S/C51H53Cl3N6O5/c1-28-21-37(22-29(2)46(28)54)64-20-8-9-38-39-14-15-42(53)45(44-31(4)55-57(7)32(44)5)48(39)60-30(3)25-59(50(61)49(38)60)43-24-33(23-40-41(51(62)63)27-56(6)47(40)43)26-58-18-16-36(17-19-58)65-35-12-10-34(52)11-13-35/h10-15,21-24,27,30,36H,8-9,16-20,25-26H2,1-7H3,(H,62,63). The smallest absolute Gasteiger partial charge is 0.337 e. The maximum atomic E-state index is 15.6. The quantitative estimate of drug-likeness (QED) is 0.122. The first-order valence-corrected chi connectivity index (χ1v) is 23.3. The summed E-state index contributed by atoms with van der Waals surface area (Å²) in [6.45, 7) is 13.1. The molecule has 3 aromatic heterocycles. The predicted molar refractivity (Wildman–Crippen MR) is 260 cm³/mol. The Morgan fingerprint density at radius 3 is 2.25 bits per heavy atom. The number of carbonyl (C=O) groups excluding carboxylic acids is 1. The minimum Gasteiger partial charge on any atom is -0.494 e. The van der Waals surface area contributed by atoms with Crippen molar-refractivity contribution in [3.8, 4) is 22.6 Å². The Bertz CT molecular complexity index is 2990. The number of halogens is 3. The summed E-state index contributed by atoms with van der Waals surface area (Å²) in [6, 6.07) is 19.2. The fourth-order valence-corrected chi connectivity index (χ4v) is 10.6.